The molecule has 0 aliphatic carbocycles. The Kier molecular flexibility index (Phi) is 4.19. The molecule has 96 valence electrons. The molecule has 0 saturated heterocycles. The number of aromatic nitrogens is 2. The van der Waals surface area contributed by atoms with Gasteiger partial charge in [-0.25, -0.2) is 9.97 Å². The maximum Gasteiger partial charge on any atom is 0.134 e. The molecule has 2 aromatic rings. The summed E-state index contributed by atoms with van der Waals surface area (Å²) >= 11 is 7.76. The zero-order valence-corrected chi connectivity index (χ0v) is 12.3. The normalized spacial score (nSPS) is 10.9. The second-order valence-electron chi connectivity index (χ2n) is 4.40. The van der Waals surface area contributed by atoms with Gasteiger partial charge in [0.1, 0.15) is 16.8 Å². The molecule has 0 N–H and O–H groups in total. The molecule has 3 nitrogen and oxygen atoms in total. The average molecular weight is 282 g/mol. The van der Waals surface area contributed by atoms with Crippen molar-refractivity contribution in [1.82, 2.24) is 9.97 Å². The minimum Gasteiger partial charge on any atom is -0.349 e. The molecular formula is C13H16ClN3S. The van der Waals surface area contributed by atoms with Crippen molar-refractivity contribution >= 4 is 28.8 Å². The number of hydrogen-bond acceptors (Lipinski definition) is 4. The molecule has 18 heavy (non-hydrogen) atoms. The third-order valence-corrected chi connectivity index (χ3v) is 3.67. The highest BCUT2D eigenvalue weighted by Crippen LogP contribution is 2.22. The fourth-order valence-corrected chi connectivity index (χ4v) is 2.68. The number of anilines is 1. The second-order valence-corrected chi connectivity index (χ2v) is 5.82. The molecule has 2 aromatic heterocycles. The van der Waals surface area contributed by atoms with Crippen molar-refractivity contribution in [2.24, 2.45) is 0 Å². The first-order valence-corrected chi connectivity index (χ1v) is 7.12. The highest BCUT2D eigenvalue weighted by atomic mass is 35.5. The zero-order chi connectivity index (χ0) is 13.1. The monoisotopic (exact) mass is 281 g/mol. The number of halogens is 1. The second kappa shape index (κ2) is 5.67. The first-order valence-electron chi connectivity index (χ1n) is 5.86. The Bertz CT molecular complexity index is 491. The van der Waals surface area contributed by atoms with Crippen LogP contribution in [0.3, 0.4) is 0 Å². The van der Waals surface area contributed by atoms with Gasteiger partial charge >= 0.3 is 0 Å². The van der Waals surface area contributed by atoms with Gasteiger partial charge < -0.3 is 4.90 Å². The molecular weight excluding hydrogens is 266 g/mol. The topological polar surface area (TPSA) is 29.0 Å². The van der Waals surface area contributed by atoms with E-state index in [1.807, 2.05) is 13.0 Å². The molecule has 0 aliphatic heterocycles. The highest BCUT2D eigenvalue weighted by molar-refractivity contribution is 7.09. The van der Waals surface area contributed by atoms with Crippen molar-refractivity contribution in [1.29, 1.82) is 0 Å². The number of thiophene rings is 1. The van der Waals surface area contributed by atoms with Gasteiger partial charge in [-0.05, 0) is 32.2 Å². The van der Waals surface area contributed by atoms with Gasteiger partial charge in [0.05, 0.1) is 6.54 Å². The molecule has 2 heterocycles. The molecule has 0 amide bonds. The summed E-state index contributed by atoms with van der Waals surface area (Å²) in [5.74, 6) is 1.59. The number of aryl methyl sites for hydroxylation is 1. The van der Waals surface area contributed by atoms with Gasteiger partial charge in [0, 0.05) is 17.0 Å². The highest BCUT2D eigenvalue weighted by Gasteiger charge is 2.14. The van der Waals surface area contributed by atoms with Gasteiger partial charge in [-0.15, -0.1) is 11.3 Å². The van der Waals surface area contributed by atoms with Crippen LogP contribution >= 0.6 is 22.9 Å². The van der Waals surface area contributed by atoms with Crippen molar-refractivity contribution < 1.29 is 0 Å². The first-order chi connectivity index (χ1) is 8.56. The van der Waals surface area contributed by atoms with Gasteiger partial charge in [-0.2, -0.15) is 0 Å². The average Bonchev–Trinajstić information content (AvgIpc) is 2.76. The predicted molar refractivity (Wildman–Crippen MR) is 77.4 cm³/mol. The summed E-state index contributed by atoms with van der Waals surface area (Å²) in [5.41, 5.74) is 0. The summed E-state index contributed by atoms with van der Waals surface area (Å²) in [6.45, 7) is 7.01. The Labute approximate surface area is 116 Å². The van der Waals surface area contributed by atoms with Crippen LogP contribution in [0.5, 0.6) is 0 Å². The largest absolute Gasteiger partial charge is 0.349 e. The number of rotatable bonds is 4. The van der Waals surface area contributed by atoms with Gasteiger partial charge in [0.2, 0.25) is 0 Å². The van der Waals surface area contributed by atoms with E-state index < -0.39 is 0 Å². The van der Waals surface area contributed by atoms with Crippen LogP contribution in [0.15, 0.2) is 23.6 Å². The SMILES string of the molecule is Cc1nc(Cl)cc(N(Cc2cccs2)C(C)C)n1. The Morgan fingerprint density at radius 2 is 2.17 bits per heavy atom. The van der Waals surface area contributed by atoms with E-state index in [4.69, 9.17) is 11.6 Å². The van der Waals surface area contributed by atoms with E-state index in [0.29, 0.717) is 17.0 Å². The van der Waals surface area contributed by atoms with Crippen LogP contribution in [0.4, 0.5) is 5.82 Å². The Hall–Kier alpha value is -1.13. The van der Waals surface area contributed by atoms with E-state index in [1.165, 1.54) is 4.88 Å². The van der Waals surface area contributed by atoms with Crippen molar-refractivity contribution in [2.75, 3.05) is 4.90 Å². The molecule has 0 atom stereocenters. The molecule has 0 aliphatic rings. The molecule has 0 aromatic carbocycles. The summed E-state index contributed by atoms with van der Waals surface area (Å²) < 4.78 is 0. The molecule has 0 bridgehead atoms. The van der Waals surface area contributed by atoms with Crippen LogP contribution in [0.25, 0.3) is 0 Å². The van der Waals surface area contributed by atoms with Gasteiger partial charge in [-0.1, -0.05) is 17.7 Å². The van der Waals surface area contributed by atoms with Gasteiger partial charge in [0.15, 0.2) is 0 Å². The van der Waals surface area contributed by atoms with E-state index in [0.717, 1.165) is 12.4 Å². The quantitative estimate of drug-likeness (QED) is 0.796. The maximum absolute atomic E-state index is 6.01. The lowest BCUT2D eigenvalue weighted by Gasteiger charge is -2.27. The zero-order valence-electron chi connectivity index (χ0n) is 10.7. The first kappa shape index (κ1) is 13.3. The molecule has 0 saturated carbocycles. The van der Waals surface area contributed by atoms with E-state index in [1.54, 1.807) is 11.3 Å². The minimum atomic E-state index is 0.359. The molecule has 0 unspecified atom stereocenters. The van der Waals surface area contributed by atoms with Gasteiger partial charge in [0.25, 0.3) is 0 Å². The van der Waals surface area contributed by atoms with E-state index in [-0.39, 0.29) is 0 Å². The molecule has 2 rings (SSSR count). The smallest absolute Gasteiger partial charge is 0.134 e. The molecule has 0 spiro atoms. The van der Waals surface area contributed by atoms with Crippen molar-refractivity contribution in [3.05, 3.63) is 39.4 Å². The Morgan fingerprint density at radius 1 is 1.39 bits per heavy atom. The maximum atomic E-state index is 6.01. The lowest BCUT2D eigenvalue weighted by molar-refractivity contribution is 0.674. The number of nitrogens with zero attached hydrogens (tertiary/aromatic N) is 3. The number of hydrogen-bond donors (Lipinski definition) is 0. The van der Waals surface area contributed by atoms with E-state index >= 15 is 0 Å². The lowest BCUT2D eigenvalue weighted by Crippen LogP contribution is -2.30. The van der Waals surface area contributed by atoms with Crippen molar-refractivity contribution in [3.8, 4) is 0 Å². The summed E-state index contributed by atoms with van der Waals surface area (Å²) in [4.78, 5) is 12.1. The Morgan fingerprint density at radius 3 is 2.72 bits per heavy atom. The lowest BCUT2D eigenvalue weighted by atomic mass is 10.3. The summed E-state index contributed by atoms with van der Waals surface area (Å²) in [6, 6.07) is 6.38. The molecule has 0 radical (unpaired) electrons. The van der Waals surface area contributed by atoms with E-state index in [2.05, 4.69) is 46.2 Å². The standard InChI is InChI=1S/C13H16ClN3S/c1-9(2)17(8-11-5-4-6-18-11)13-7-12(14)15-10(3)16-13/h4-7,9H,8H2,1-3H3. The molecule has 0 fully saturated rings. The van der Waals surface area contributed by atoms with Crippen molar-refractivity contribution in [3.63, 3.8) is 0 Å². The predicted octanol–water partition coefficient (Wildman–Crippen LogP) is 3.91. The van der Waals surface area contributed by atoms with Crippen LogP contribution in [0.1, 0.15) is 24.5 Å². The minimum absolute atomic E-state index is 0.359. The fourth-order valence-electron chi connectivity index (χ4n) is 1.76. The van der Waals surface area contributed by atoms with Crippen LogP contribution in [0.2, 0.25) is 5.15 Å². The van der Waals surface area contributed by atoms with E-state index in [9.17, 15) is 0 Å². The van der Waals surface area contributed by atoms with Crippen LogP contribution in [-0.4, -0.2) is 16.0 Å². The summed E-state index contributed by atoms with van der Waals surface area (Å²) in [7, 11) is 0. The van der Waals surface area contributed by atoms with Crippen LogP contribution in [-0.2, 0) is 6.54 Å². The van der Waals surface area contributed by atoms with Crippen LogP contribution < -0.4 is 4.90 Å². The summed E-state index contributed by atoms with van der Waals surface area (Å²) in [5, 5.41) is 2.58. The Balaban J connectivity index is 2.29. The third kappa shape index (κ3) is 3.21. The third-order valence-electron chi connectivity index (χ3n) is 2.62. The fraction of sp³-hybridized carbons (Fsp3) is 0.385. The molecule has 5 heteroatoms. The van der Waals surface area contributed by atoms with Gasteiger partial charge in [-0.3, -0.25) is 0 Å². The van der Waals surface area contributed by atoms with Crippen LogP contribution in [0, 0.1) is 6.92 Å². The van der Waals surface area contributed by atoms with Crippen molar-refractivity contribution in [2.45, 2.75) is 33.4 Å². The summed E-state index contributed by atoms with van der Waals surface area (Å²) in [6.07, 6.45) is 0.